The fraction of sp³-hybridized carbons (Fsp3) is 0.167. The summed E-state index contributed by atoms with van der Waals surface area (Å²) in [5.41, 5.74) is 0.921. The minimum absolute atomic E-state index is 0.00312. The third kappa shape index (κ3) is 3.93. The molecule has 0 saturated carbocycles. The van der Waals surface area contributed by atoms with E-state index in [0.29, 0.717) is 10.9 Å². The molecular weight excluding hydrogens is 333 g/mol. The zero-order valence-electron chi connectivity index (χ0n) is 13.3. The molecule has 0 spiro atoms. The first-order chi connectivity index (χ1) is 11.9. The number of nitrogens with one attached hydrogen (secondary N) is 2. The molecule has 1 unspecified atom stereocenters. The van der Waals surface area contributed by atoms with Gasteiger partial charge in [0, 0.05) is 17.0 Å². The average molecular weight is 348 g/mol. The molecule has 130 valence electrons. The highest BCUT2D eigenvalue weighted by atomic mass is 19.1. The molecule has 0 bridgehead atoms. The lowest BCUT2D eigenvalue weighted by Gasteiger charge is -2.15. The van der Waals surface area contributed by atoms with E-state index in [1.54, 1.807) is 19.1 Å². The van der Waals surface area contributed by atoms with E-state index in [4.69, 9.17) is 4.74 Å². The van der Waals surface area contributed by atoms with Gasteiger partial charge in [-0.1, -0.05) is 0 Å². The predicted octanol–water partition coefficient (Wildman–Crippen LogP) is 3.78. The van der Waals surface area contributed by atoms with Crippen molar-refractivity contribution in [3.8, 4) is 5.75 Å². The molecule has 3 aromatic rings. The number of carbonyl (C=O) groups is 1. The number of halogens is 3. The third-order valence-corrected chi connectivity index (χ3v) is 3.59. The summed E-state index contributed by atoms with van der Waals surface area (Å²) in [7, 11) is 0. The molecule has 0 fully saturated rings. The first-order valence-electron chi connectivity index (χ1n) is 7.59. The van der Waals surface area contributed by atoms with Crippen LogP contribution in [0.2, 0.25) is 0 Å². The Kier molecular flexibility index (Phi) is 4.65. The molecule has 0 radical (unpaired) electrons. The third-order valence-electron chi connectivity index (χ3n) is 3.59. The van der Waals surface area contributed by atoms with Crippen LogP contribution in [0.25, 0.3) is 10.9 Å². The summed E-state index contributed by atoms with van der Waals surface area (Å²) in [6.45, 7) is 1.69. The van der Waals surface area contributed by atoms with E-state index in [1.807, 2.05) is 0 Å². The Hall–Kier alpha value is -2.96. The van der Waals surface area contributed by atoms with Gasteiger partial charge in [-0.05, 0) is 43.3 Å². The Morgan fingerprint density at radius 3 is 2.60 bits per heavy atom. The minimum atomic E-state index is -0.809. The maximum absolute atomic E-state index is 13.5. The standard InChI is InChI=1S/C18H15F3N2O2/c1-10(9-25-17-5-3-13(20)8-14(17)21)22-18(24)16-7-11-6-12(19)2-4-15(11)23-16/h2-8,10,23H,9H2,1H3,(H,22,24). The summed E-state index contributed by atoms with van der Waals surface area (Å²) < 4.78 is 44.8. The molecule has 0 aliphatic heterocycles. The number of benzene rings is 2. The van der Waals surface area contributed by atoms with Crippen molar-refractivity contribution in [2.24, 2.45) is 0 Å². The van der Waals surface area contributed by atoms with Crippen LogP contribution in [-0.2, 0) is 0 Å². The lowest BCUT2D eigenvalue weighted by molar-refractivity contribution is 0.0922. The van der Waals surface area contributed by atoms with Gasteiger partial charge in [0.25, 0.3) is 5.91 Å². The van der Waals surface area contributed by atoms with E-state index in [0.717, 1.165) is 12.1 Å². The lowest BCUT2D eigenvalue weighted by Crippen LogP contribution is -2.37. The van der Waals surface area contributed by atoms with Crippen LogP contribution in [0.15, 0.2) is 42.5 Å². The first kappa shape index (κ1) is 16.9. The second-order valence-corrected chi connectivity index (χ2v) is 5.67. The van der Waals surface area contributed by atoms with Crippen LogP contribution in [0.4, 0.5) is 13.2 Å². The van der Waals surface area contributed by atoms with Crippen LogP contribution < -0.4 is 10.1 Å². The maximum Gasteiger partial charge on any atom is 0.268 e. The predicted molar refractivity (Wildman–Crippen MR) is 87.0 cm³/mol. The molecule has 0 saturated heterocycles. The number of fused-ring (bicyclic) bond motifs is 1. The molecule has 7 heteroatoms. The summed E-state index contributed by atoms with van der Waals surface area (Å²) in [5.74, 6) is -2.38. The fourth-order valence-electron chi connectivity index (χ4n) is 2.38. The number of rotatable bonds is 5. The zero-order valence-corrected chi connectivity index (χ0v) is 13.3. The number of aromatic amines is 1. The monoisotopic (exact) mass is 348 g/mol. The SMILES string of the molecule is CC(COc1ccc(F)cc1F)NC(=O)c1cc2cc(F)ccc2[nH]1. The number of H-pyrrole nitrogens is 1. The van der Waals surface area contributed by atoms with Crippen molar-refractivity contribution in [1.29, 1.82) is 0 Å². The Morgan fingerprint density at radius 1 is 1.12 bits per heavy atom. The van der Waals surface area contributed by atoms with Gasteiger partial charge in [0.1, 0.15) is 23.9 Å². The number of carbonyl (C=O) groups excluding carboxylic acids is 1. The Labute approximate surface area is 141 Å². The molecule has 25 heavy (non-hydrogen) atoms. The van der Waals surface area contributed by atoms with E-state index >= 15 is 0 Å². The van der Waals surface area contributed by atoms with Crippen molar-refractivity contribution >= 4 is 16.8 Å². The van der Waals surface area contributed by atoms with Crippen molar-refractivity contribution in [3.05, 3.63) is 65.6 Å². The van der Waals surface area contributed by atoms with Crippen LogP contribution in [-0.4, -0.2) is 23.5 Å². The van der Waals surface area contributed by atoms with Crippen molar-refractivity contribution in [3.63, 3.8) is 0 Å². The van der Waals surface area contributed by atoms with Crippen molar-refractivity contribution in [1.82, 2.24) is 10.3 Å². The van der Waals surface area contributed by atoms with Gasteiger partial charge in [-0.25, -0.2) is 13.2 Å². The summed E-state index contributed by atoms with van der Waals surface area (Å²) in [6, 6.07) is 8.28. The second-order valence-electron chi connectivity index (χ2n) is 5.67. The molecule has 0 aliphatic carbocycles. The number of hydrogen-bond acceptors (Lipinski definition) is 2. The van der Waals surface area contributed by atoms with Gasteiger partial charge in [-0.15, -0.1) is 0 Å². The largest absolute Gasteiger partial charge is 0.488 e. The van der Waals surface area contributed by atoms with Crippen LogP contribution in [0.3, 0.4) is 0 Å². The van der Waals surface area contributed by atoms with Gasteiger partial charge in [0.05, 0.1) is 6.04 Å². The van der Waals surface area contributed by atoms with Gasteiger partial charge in [-0.3, -0.25) is 4.79 Å². The highest BCUT2D eigenvalue weighted by molar-refractivity contribution is 5.98. The molecule has 4 nitrogen and oxygen atoms in total. The molecule has 3 rings (SSSR count). The van der Waals surface area contributed by atoms with E-state index in [-0.39, 0.29) is 23.9 Å². The molecular formula is C18H15F3N2O2. The Morgan fingerprint density at radius 2 is 1.84 bits per heavy atom. The van der Waals surface area contributed by atoms with Crippen LogP contribution in [0, 0.1) is 17.5 Å². The summed E-state index contributed by atoms with van der Waals surface area (Å²) in [6.07, 6.45) is 0. The molecule has 2 N–H and O–H groups in total. The summed E-state index contributed by atoms with van der Waals surface area (Å²) >= 11 is 0. The highest BCUT2D eigenvalue weighted by Crippen LogP contribution is 2.18. The Balaban J connectivity index is 1.61. The quantitative estimate of drug-likeness (QED) is 0.737. The van der Waals surface area contributed by atoms with Gasteiger partial charge in [0.2, 0.25) is 0 Å². The lowest BCUT2D eigenvalue weighted by atomic mass is 10.2. The van der Waals surface area contributed by atoms with Crippen molar-refractivity contribution in [2.45, 2.75) is 13.0 Å². The number of aromatic nitrogens is 1. The normalized spacial score (nSPS) is 12.2. The van der Waals surface area contributed by atoms with E-state index in [9.17, 15) is 18.0 Å². The fourth-order valence-corrected chi connectivity index (χ4v) is 2.38. The van der Waals surface area contributed by atoms with E-state index < -0.39 is 23.6 Å². The van der Waals surface area contributed by atoms with Gasteiger partial charge < -0.3 is 15.0 Å². The number of hydrogen-bond donors (Lipinski definition) is 2. The second kappa shape index (κ2) is 6.88. The zero-order chi connectivity index (χ0) is 18.0. The van der Waals surface area contributed by atoms with Crippen molar-refractivity contribution in [2.75, 3.05) is 6.61 Å². The molecule has 2 aromatic carbocycles. The molecule has 1 heterocycles. The van der Waals surface area contributed by atoms with Crippen LogP contribution in [0.1, 0.15) is 17.4 Å². The Bertz CT molecular complexity index is 924. The van der Waals surface area contributed by atoms with E-state index in [1.165, 1.54) is 18.2 Å². The average Bonchev–Trinajstić information content (AvgIpc) is 2.97. The van der Waals surface area contributed by atoms with Crippen LogP contribution in [0.5, 0.6) is 5.75 Å². The highest BCUT2D eigenvalue weighted by Gasteiger charge is 2.14. The smallest absolute Gasteiger partial charge is 0.268 e. The van der Waals surface area contributed by atoms with Gasteiger partial charge >= 0.3 is 0 Å². The van der Waals surface area contributed by atoms with Crippen molar-refractivity contribution < 1.29 is 22.7 Å². The van der Waals surface area contributed by atoms with Gasteiger partial charge in [0.15, 0.2) is 11.6 Å². The molecule has 1 aromatic heterocycles. The first-order valence-corrected chi connectivity index (χ1v) is 7.59. The molecule has 0 aliphatic rings. The van der Waals surface area contributed by atoms with Gasteiger partial charge in [-0.2, -0.15) is 0 Å². The van der Waals surface area contributed by atoms with E-state index in [2.05, 4.69) is 10.3 Å². The minimum Gasteiger partial charge on any atom is -0.488 e. The van der Waals surface area contributed by atoms with Crippen LogP contribution >= 0.6 is 0 Å². The maximum atomic E-state index is 13.5. The molecule has 1 amide bonds. The summed E-state index contributed by atoms with van der Waals surface area (Å²) in [5, 5.41) is 3.27. The topological polar surface area (TPSA) is 54.1 Å². The number of ether oxygens (including phenoxy) is 1. The summed E-state index contributed by atoms with van der Waals surface area (Å²) in [4.78, 5) is 15.1. The molecule has 1 atom stereocenters. The number of amides is 1.